The molecule has 2 aromatic carbocycles. The molecule has 2 N–H and O–H groups in total. The maximum absolute atomic E-state index is 12.7. The number of carbonyl (C=O) groups excluding carboxylic acids is 1. The molecule has 0 atom stereocenters. The Morgan fingerprint density at radius 1 is 1.07 bits per heavy atom. The molecule has 6 nitrogen and oxygen atoms in total. The van der Waals surface area contributed by atoms with E-state index in [2.05, 4.69) is 5.32 Å². The van der Waals surface area contributed by atoms with Crippen LogP contribution in [-0.4, -0.2) is 21.6 Å². The van der Waals surface area contributed by atoms with Crippen LogP contribution < -0.4 is 5.32 Å². The first-order valence-electron chi connectivity index (χ1n) is 9.21. The Morgan fingerprint density at radius 2 is 1.90 bits per heavy atom. The van der Waals surface area contributed by atoms with Crippen molar-refractivity contribution in [3.8, 4) is 10.4 Å². The number of anilines is 1. The third-order valence-corrected chi connectivity index (χ3v) is 6.08. The second kappa shape index (κ2) is 6.89. The van der Waals surface area contributed by atoms with Crippen LogP contribution in [0.2, 0.25) is 0 Å². The molecule has 5 rings (SSSR count). The molecule has 0 aliphatic rings. The van der Waals surface area contributed by atoms with Gasteiger partial charge in [-0.15, -0.1) is 11.3 Å². The molecule has 30 heavy (non-hydrogen) atoms. The van der Waals surface area contributed by atoms with E-state index in [4.69, 9.17) is 4.42 Å². The summed E-state index contributed by atoms with van der Waals surface area (Å²) in [6.45, 7) is 0. The highest BCUT2D eigenvalue weighted by molar-refractivity contribution is 7.14. The first-order chi connectivity index (χ1) is 14.5. The second-order valence-electron chi connectivity index (χ2n) is 6.96. The molecule has 0 saturated heterocycles. The Labute approximate surface area is 175 Å². The van der Waals surface area contributed by atoms with Gasteiger partial charge >= 0.3 is 5.97 Å². The van der Waals surface area contributed by atoms with E-state index in [0.29, 0.717) is 10.5 Å². The number of hydrogen-bond acceptors (Lipinski definition) is 4. The molecule has 148 valence electrons. The van der Waals surface area contributed by atoms with Crippen LogP contribution in [-0.2, 0) is 7.05 Å². The quantitative estimate of drug-likeness (QED) is 0.399. The summed E-state index contributed by atoms with van der Waals surface area (Å²) < 4.78 is 7.59. The number of aromatic nitrogens is 1. The smallest absolute Gasteiger partial charge is 0.339 e. The summed E-state index contributed by atoms with van der Waals surface area (Å²) in [5, 5.41) is 16.0. The lowest BCUT2D eigenvalue weighted by atomic mass is 10.1. The van der Waals surface area contributed by atoms with Crippen molar-refractivity contribution in [1.82, 2.24) is 4.57 Å². The molecule has 0 spiro atoms. The van der Waals surface area contributed by atoms with Crippen LogP contribution in [0.4, 0.5) is 5.69 Å². The number of hydrogen-bond donors (Lipinski definition) is 2. The van der Waals surface area contributed by atoms with Gasteiger partial charge in [-0.25, -0.2) is 4.79 Å². The maximum Gasteiger partial charge on any atom is 0.339 e. The average Bonchev–Trinajstić information content (AvgIpc) is 3.44. The highest BCUT2D eigenvalue weighted by atomic mass is 32.1. The summed E-state index contributed by atoms with van der Waals surface area (Å²) in [5.41, 5.74) is 2.77. The third-order valence-electron chi connectivity index (χ3n) is 5.05. The largest absolute Gasteiger partial charge is 0.478 e. The number of furan rings is 1. The zero-order chi connectivity index (χ0) is 20.8. The topological polar surface area (TPSA) is 84.5 Å². The molecule has 0 aliphatic carbocycles. The number of carbonyl (C=O) groups is 2. The van der Waals surface area contributed by atoms with Crippen LogP contribution in [0.5, 0.6) is 0 Å². The van der Waals surface area contributed by atoms with E-state index < -0.39 is 11.9 Å². The number of thiophene rings is 1. The molecule has 0 radical (unpaired) electrons. The number of amides is 1. The summed E-state index contributed by atoms with van der Waals surface area (Å²) in [5.74, 6) is -1.46. The average molecular weight is 416 g/mol. The number of carboxylic acids is 1. The van der Waals surface area contributed by atoms with Crippen molar-refractivity contribution < 1.29 is 19.1 Å². The fraction of sp³-hybridized carbons (Fsp3) is 0.0435. The lowest BCUT2D eigenvalue weighted by Crippen LogP contribution is -2.13. The van der Waals surface area contributed by atoms with Crippen molar-refractivity contribution in [2.45, 2.75) is 0 Å². The van der Waals surface area contributed by atoms with Gasteiger partial charge in [0.1, 0.15) is 11.1 Å². The number of nitrogens with zero attached hydrogens (tertiary/aromatic N) is 1. The van der Waals surface area contributed by atoms with Crippen LogP contribution in [0.1, 0.15) is 20.9 Å². The van der Waals surface area contributed by atoms with Gasteiger partial charge in [-0.2, -0.15) is 0 Å². The minimum Gasteiger partial charge on any atom is -0.478 e. The molecule has 1 amide bonds. The molecule has 7 heteroatoms. The first kappa shape index (κ1) is 18.2. The van der Waals surface area contributed by atoms with Gasteiger partial charge in [0.15, 0.2) is 5.76 Å². The van der Waals surface area contributed by atoms with Crippen LogP contribution in [0.3, 0.4) is 0 Å². The molecular weight excluding hydrogens is 400 g/mol. The van der Waals surface area contributed by atoms with Gasteiger partial charge in [0.05, 0.1) is 10.6 Å². The van der Waals surface area contributed by atoms with E-state index in [9.17, 15) is 14.7 Å². The van der Waals surface area contributed by atoms with Crippen molar-refractivity contribution >= 4 is 50.8 Å². The Balaban J connectivity index is 1.51. The van der Waals surface area contributed by atoms with Crippen LogP contribution >= 0.6 is 11.3 Å². The van der Waals surface area contributed by atoms with E-state index in [0.717, 1.165) is 21.9 Å². The van der Waals surface area contributed by atoms with Gasteiger partial charge in [0, 0.05) is 34.9 Å². The number of fused-ring (bicyclic) bond motifs is 2. The van der Waals surface area contributed by atoms with E-state index in [1.807, 2.05) is 60.3 Å². The normalized spacial score (nSPS) is 11.2. The van der Waals surface area contributed by atoms with Crippen LogP contribution in [0.15, 0.2) is 70.6 Å². The fourth-order valence-corrected chi connectivity index (χ4v) is 4.57. The number of benzene rings is 2. The first-order valence-corrected chi connectivity index (χ1v) is 10.1. The van der Waals surface area contributed by atoms with Gasteiger partial charge in [0.25, 0.3) is 5.91 Å². The summed E-state index contributed by atoms with van der Waals surface area (Å²) in [6.07, 6.45) is 1.96. The SMILES string of the molecule is Cn1ccc2cc(-c3scc(NC(=O)c4cc5ccccc5o4)c3C(=O)O)ccc21. The Kier molecular flexibility index (Phi) is 4.18. The van der Waals surface area contributed by atoms with Gasteiger partial charge in [-0.1, -0.05) is 24.3 Å². The van der Waals surface area contributed by atoms with Crippen molar-refractivity contribution in [2.24, 2.45) is 7.05 Å². The lowest BCUT2D eigenvalue weighted by Gasteiger charge is -2.06. The number of aromatic carboxylic acids is 1. The highest BCUT2D eigenvalue weighted by Gasteiger charge is 2.23. The number of aryl methyl sites for hydroxylation is 1. The highest BCUT2D eigenvalue weighted by Crippen LogP contribution is 2.37. The Morgan fingerprint density at radius 3 is 2.70 bits per heavy atom. The van der Waals surface area contributed by atoms with Crippen molar-refractivity contribution in [3.63, 3.8) is 0 Å². The van der Waals surface area contributed by atoms with Crippen LogP contribution in [0.25, 0.3) is 32.3 Å². The molecule has 3 heterocycles. The molecule has 5 aromatic rings. The standard InChI is InChI=1S/C23H16N2O4S/c1-25-9-8-13-10-15(6-7-17(13)25)21-20(23(27)28)16(12-30-21)24-22(26)19-11-14-4-2-3-5-18(14)29-19/h2-12H,1H3,(H,24,26)(H,27,28). The summed E-state index contributed by atoms with van der Waals surface area (Å²) in [6, 6.07) is 16.7. The number of carboxylic acid groups (broad SMARTS) is 1. The molecule has 0 bridgehead atoms. The minimum absolute atomic E-state index is 0.0692. The minimum atomic E-state index is -1.10. The molecule has 0 saturated carbocycles. The predicted octanol–water partition coefficient (Wildman–Crippen LogP) is 5.60. The fourth-order valence-electron chi connectivity index (χ4n) is 3.58. The van der Waals surface area contributed by atoms with E-state index in [-0.39, 0.29) is 17.0 Å². The summed E-state index contributed by atoms with van der Waals surface area (Å²) in [7, 11) is 1.96. The van der Waals surface area contributed by atoms with Gasteiger partial charge < -0.3 is 19.4 Å². The lowest BCUT2D eigenvalue weighted by molar-refractivity contribution is 0.0699. The van der Waals surface area contributed by atoms with E-state index >= 15 is 0 Å². The van der Waals surface area contributed by atoms with Crippen LogP contribution in [0, 0.1) is 0 Å². The van der Waals surface area contributed by atoms with Crippen molar-refractivity contribution in [2.75, 3.05) is 5.32 Å². The molecule has 3 aromatic heterocycles. The Hall–Kier alpha value is -3.84. The number of rotatable bonds is 4. The van der Waals surface area contributed by atoms with Gasteiger partial charge in [-0.05, 0) is 35.9 Å². The Bertz CT molecular complexity index is 1410. The molecule has 0 fully saturated rings. The second-order valence-corrected chi connectivity index (χ2v) is 7.84. The monoisotopic (exact) mass is 416 g/mol. The summed E-state index contributed by atoms with van der Waals surface area (Å²) >= 11 is 1.28. The van der Waals surface area contributed by atoms with Gasteiger partial charge in [0.2, 0.25) is 0 Å². The van der Waals surface area contributed by atoms with Crippen molar-refractivity contribution in [3.05, 3.63) is 77.5 Å². The van der Waals surface area contributed by atoms with E-state index in [1.165, 1.54) is 11.3 Å². The third kappa shape index (κ3) is 2.96. The van der Waals surface area contributed by atoms with Crippen molar-refractivity contribution in [1.29, 1.82) is 0 Å². The predicted molar refractivity (Wildman–Crippen MR) is 117 cm³/mol. The molecule has 0 aliphatic heterocycles. The molecule has 0 unspecified atom stereocenters. The van der Waals surface area contributed by atoms with Gasteiger partial charge in [-0.3, -0.25) is 4.79 Å². The number of para-hydroxylation sites is 1. The number of nitrogens with one attached hydrogen (secondary N) is 1. The maximum atomic E-state index is 12.7. The zero-order valence-electron chi connectivity index (χ0n) is 15.9. The zero-order valence-corrected chi connectivity index (χ0v) is 16.7. The summed E-state index contributed by atoms with van der Waals surface area (Å²) in [4.78, 5) is 25.3. The van der Waals surface area contributed by atoms with E-state index in [1.54, 1.807) is 17.5 Å². The molecular formula is C23H16N2O4S.